The maximum absolute atomic E-state index is 12.2. The van der Waals surface area contributed by atoms with E-state index in [-0.39, 0.29) is 10.3 Å². The predicted molar refractivity (Wildman–Crippen MR) is 78.6 cm³/mol. The Bertz CT molecular complexity index is 590. The van der Waals surface area contributed by atoms with Crippen molar-refractivity contribution in [2.75, 3.05) is 5.75 Å². The van der Waals surface area contributed by atoms with Gasteiger partial charge in [-0.1, -0.05) is 32.9 Å². The standard InChI is InChI=1S/C15H22O4S/c1-14(2,3)11-6-8-12(9-7-11)20(18,19)10-15(4,5)13(16)17/h6-9H,10H2,1-5H3,(H,16,17). The maximum Gasteiger partial charge on any atom is 0.310 e. The van der Waals surface area contributed by atoms with Crippen LogP contribution in [0, 0.1) is 5.41 Å². The quantitative estimate of drug-likeness (QED) is 0.927. The van der Waals surface area contributed by atoms with Crippen molar-refractivity contribution in [3.05, 3.63) is 29.8 Å². The third-order valence-corrected chi connectivity index (χ3v) is 5.30. The first kappa shape index (κ1) is 16.7. The highest BCUT2D eigenvalue weighted by atomic mass is 32.2. The molecule has 1 N–H and O–H groups in total. The highest BCUT2D eigenvalue weighted by Gasteiger charge is 2.34. The van der Waals surface area contributed by atoms with Gasteiger partial charge in [0.15, 0.2) is 9.84 Å². The van der Waals surface area contributed by atoms with Crippen LogP contribution in [0.1, 0.15) is 40.2 Å². The molecule has 5 heteroatoms. The van der Waals surface area contributed by atoms with Gasteiger partial charge in [-0.25, -0.2) is 8.42 Å². The summed E-state index contributed by atoms with van der Waals surface area (Å²) in [6.45, 7) is 8.96. The summed E-state index contributed by atoms with van der Waals surface area (Å²) in [4.78, 5) is 11.2. The number of carboxylic acid groups (broad SMARTS) is 1. The van der Waals surface area contributed by atoms with Crippen LogP contribution in [0.2, 0.25) is 0 Å². The van der Waals surface area contributed by atoms with E-state index in [2.05, 4.69) is 0 Å². The summed E-state index contributed by atoms with van der Waals surface area (Å²) < 4.78 is 24.5. The average molecular weight is 298 g/mol. The van der Waals surface area contributed by atoms with Crippen molar-refractivity contribution >= 4 is 15.8 Å². The first-order valence-corrected chi connectivity index (χ1v) is 8.08. The Balaban J connectivity index is 3.09. The largest absolute Gasteiger partial charge is 0.481 e. The van der Waals surface area contributed by atoms with Gasteiger partial charge in [-0.05, 0) is 37.0 Å². The van der Waals surface area contributed by atoms with Crippen LogP contribution in [0.3, 0.4) is 0 Å². The Morgan fingerprint density at radius 2 is 1.50 bits per heavy atom. The lowest BCUT2D eigenvalue weighted by atomic mass is 9.87. The van der Waals surface area contributed by atoms with Gasteiger partial charge >= 0.3 is 5.97 Å². The van der Waals surface area contributed by atoms with Crippen LogP contribution >= 0.6 is 0 Å². The first-order chi connectivity index (χ1) is 8.86. The van der Waals surface area contributed by atoms with Gasteiger partial charge in [0.2, 0.25) is 0 Å². The molecule has 112 valence electrons. The molecule has 0 aromatic heterocycles. The lowest BCUT2D eigenvalue weighted by molar-refractivity contribution is -0.145. The molecule has 1 aromatic rings. The predicted octanol–water partition coefficient (Wildman–Crippen LogP) is 2.87. The summed E-state index contributed by atoms with van der Waals surface area (Å²) in [5.74, 6) is -1.53. The van der Waals surface area contributed by atoms with Crippen molar-refractivity contribution in [1.82, 2.24) is 0 Å². The molecule has 4 nitrogen and oxygen atoms in total. The smallest absolute Gasteiger partial charge is 0.310 e. The molecule has 0 saturated heterocycles. The van der Waals surface area contributed by atoms with Crippen LogP contribution in [0.25, 0.3) is 0 Å². The van der Waals surface area contributed by atoms with Crippen molar-refractivity contribution in [3.8, 4) is 0 Å². The summed E-state index contributed by atoms with van der Waals surface area (Å²) >= 11 is 0. The van der Waals surface area contributed by atoms with Gasteiger partial charge in [0.05, 0.1) is 16.1 Å². The second-order valence-corrected chi connectivity index (χ2v) is 8.71. The zero-order chi connectivity index (χ0) is 15.8. The van der Waals surface area contributed by atoms with Crippen LogP contribution in [0.5, 0.6) is 0 Å². The molecule has 0 aliphatic rings. The molecule has 0 fully saturated rings. The Morgan fingerprint density at radius 1 is 1.05 bits per heavy atom. The minimum absolute atomic E-state index is 0.0529. The second-order valence-electron chi connectivity index (χ2n) is 6.72. The Kier molecular flexibility index (Phi) is 4.34. The van der Waals surface area contributed by atoms with Crippen LogP contribution in [0.4, 0.5) is 0 Å². The molecule has 1 rings (SSSR count). The fourth-order valence-electron chi connectivity index (χ4n) is 1.78. The molecule has 0 radical (unpaired) electrons. The van der Waals surface area contributed by atoms with E-state index >= 15 is 0 Å². The van der Waals surface area contributed by atoms with E-state index in [4.69, 9.17) is 5.11 Å². The number of carboxylic acids is 1. The van der Waals surface area contributed by atoms with Gasteiger partial charge in [0.25, 0.3) is 0 Å². The van der Waals surface area contributed by atoms with Crippen LogP contribution < -0.4 is 0 Å². The Morgan fingerprint density at radius 3 is 1.85 bits per heavy atom. The number of aliphatic carboxylic acids is 1. The van der Waals surface area contributed by atoms with E-state index in [0.717, 1.165) is 5.56 Å². The molecule has 1 aromatic carbocycles. The third-order valence-electron chi connectivity index (χ3n) is 3.21. The number of rotatable bonds is 4. The molecule has 0 unspecified atom stereocenters. The SMILES string of the molecule is CC(C)(CS(=O)(=O)c1ccc(C(C)(C)C)cc1)C(=O)O. The summed E-state index contributed by atoms with van der Waals surface area (Å²) in [5, 5.41) is 9.04. The zero-order valence-corrected chi connectivity index (χ0v) is 13.4. The molecule has 0 spiro atoms. The van der Waals surface area contributed by atoms with Crippen molar-refractivity contribution in [1.29, 1.82) is 0 Å². The van der Waals surface area contributed by atoms with Gasteiger partial charge in [-0.3, -0.25) is 4.79 Å². The van der Waals surface area contributed by atoms with Crippen LogP contribution in [0.15, 0.2) is 29.2 Å². The number of benzene rings is 1. The molecular formula is C15H22O4S. The fourth-order valence-corrected chi connectivity index (χ4v) is 3.57. The number of hydrogen-bond acceptors (Lipinski definition) is 3. The van der Waals surface area contributed by atoms with Crippen LogP contribution in [-0.2, 0) is 20.0 Å². The molecular weight excluding hydrogens is 276 g/mol. The van der Waals surface area contributed by atoms with E-state index in [1.165, 1.54) is 13.8 Å². The minimum atomic E-state index is -3.61. The summed E-state index contributed by atoms with van der Waals surface area (Å²) in [6.07, 6.45) is 0. The molecule has 0 saturated carbocycles. The maximum atomic E-state index is 12.2. The van der Waals surface area contributed by atoms with Crippen molar-refractivity contribution in [2.45, 2.75) is 44.9 Å². The summed E-state index contributed by atoms with van der Waals surface area (Å²) in [5.41, 5.74) is -0.321. The minimum Gasteiger partial charge on any atom is -0.481 e. The topological polar surface area (TPSA) is 71.4 Å². The van der Waals surface area contributed by atoms with E-state index in [0.29, 0.717) is 0 Å². The number of carbonyl (C=O) groups is 1. The van der Waals surface area contributed by atoms with Gasteiger partial charge in [0.1, 0.15) is 0 Å². The molecule has 0 amide bonds. The molecule has 0 atom stereocenters. The Hall–Kier alpha value is -1.36. The molecule has 0 aliphatic heterocycles. The van der Waals surface area contributed by atoms with Gasteiger partial charge in [-0.2, -0.15) is 0 Å². The van der Waals surface area contributed by atoms with Gasteiger partial charge in [0, 0.05) is 0 Å². The lowest BCUT2D eigenvalue weighted by Gasteiger charge is -2.21. The van der Waals surface area contributed by atoms with Crippen molar-refractivity contribution < 1.29 is 18.3 Å². The normalized spacial score (nSPS) is 13.2. The molecule has 0 bridgehead atoms. The highest BCUT2D eigenvalue weighted by molar-refractivity contribution is 7.91. The van der Waals surface area contributed by atoms with Gasteiger partial charge in [-0.15, -0.1) is 0 Å². The third kappa shape index (κ3) is 3.82. The lowest BCUT2D eigenvalue weighted by Crippen LogP contribution is -2.32. The fraction of sp³-hybridized carbons (Fsp3) is 0.533. The van der Waals surface area contributed by atoms with Gasteiger partial charge < -0.3 is 5.11 Å². The highest BCUT2D eigenvalue weighted by Crippen LogP contribution is 2.26. The first-order valence-electron chi connectivity index (χ1n) is 6.43. The molecule has 0 heterocycles. The summed E-state index contributed by atoms with van der Waals surface area (Å²) in [6, 6.07) is 6.66. The monoisotopic (exact) mass is 298 g/mol. The van der Waals surface area contributed by atoms with E-state index in [1.807, 2.05) is 20.8 Å². The summed E-state index contributed by atoms with van der Waals surface area (Å²) in [7, 11) is -3.61. The zero-order valence-electron chi connectivity index (χ0n) is 12.6. The van der Waals surface area contributed by atoms with Crippen LogP contribution in [-0.4, -0.2) is 25.2 Å². The van der Waals surface area contributed by atoms with E-state index < -0.39 is 27.0 Å². The second kappa shape index (κ2) is 5.20. The van der Waals surface area contributed by atoms with Crippen molar-refractivity contribution in [3.63, 3.8) is 0 Å². The van der Waals surface area contributed by atoms with Crippen molar-refractivity contribution in [2.24, 2.45) is 5.41 Å². The van der Waals surface area contributed by atoms with E-state index in [1.54, 1.807) is 24.3 Å². The Labute approximate surface area is 120 Å². The van der Waals surface area contributed by atoms with E-state index in [9.17, 15) is 13.2 Å². The molecule has 0 aliphatic carbocycles. The average Bonchev–Trinajstić information content (AvgIpc) is 2.26. The number of sulfone groups is 1. The molecule has 20 heavy (non-hydrogen) atoms. The number of hydrogen-bond donors (Lipinski definition) is 1.